The Hall–Kier alpha value is -1.94. The van der Waals surface area contributed by atoms with Crippen molar-refractivity contribution in [2.24, 2.45) is 23.7 Å². The Morgan fingerprint density at radius 3 is 0.696 bits per heavy atom. The van der Waals surface area contributed by atoms with Crippen LogP contribution in [0.5, 0.6) is 0 Å². The van der Waals surface area contributed by atoms with E-state index in [9.17, 15) is 43.2 Å². The van der Waals surface area contributed by atoms with Gasteiger partial charge in [-0.3, -0.25) is 37.3 Å². The summed E-state index contributed by atoms with van der Waals surface area (Å²) in [6.07, 6.45) is 60.2. The highest BCUT2D eigenvalue weighted by Crippen LogP contribution is 2.45. The number of esters is 4. The molecule has 0 heterocycles. The van der Waals surface area contributed by atoms with Crippen molar-refractivity contribution in [1.29, 1.82) is 0 Å². The summed E-state index contributed by atoms with van der Waals surface area (Å²) in [5, 5.41) is 10.6. The summed E-state index contributed by atoms with van der Waals surface area (Å²) in [5.41, 5.74) is 0. The van der Waals surface area contributed by atoms with Crippen molar-refractivity contribution < 1.29 is 80.2 Å². The molecule has 0 rings (SSSR count). The maximum atomic E-state index is 13.1. The number of phosphoric acid groups is 2. The van der Waals surface area contributed by atoms with E-state index in [-0.39, 0.29) is 25.7 Å². The molecule has 0 aliphatic carbocycles. The first-order chi connectivity index (χ1) is 49.1. The van der Waals surface area contributed by atoms with Crippen LogP contribution in [-0.4, -0.2) is 96.7 Å². The predicted molar refractivity (Wildman–Crippen MR) is 418 cm³/mol. The van der Waals surface area contributed by atoms with Crippen LogP contribution in [0.25, 0.3) is 0 Å². The Morgan fingerprint density at radius 1 is 0.275 bits per heavy atom. The number of hydrogen-bond acceptors (Lipinski definition) is 15. The lowest BCUT2D eigenvalue weighted by Gasteiger charge is -2.21. The summed E-state index contributed by atoms with van der Waals surface area (Å²) < 4.78 is 68.6. The molecule has 0 amide bonds. The maximum Gasteiger partial charge on any atom is 0.472 e. The summed E-state index contributed by atoms with van der Waals surface area (Å²) in [6, 6.07) is 0. The highest BCUT2D eigenvalue weighted by Gasteiger charge is 2.30. The quantitative estimate of drug-likeness (QED) is 0.0222. The fourth-order valence-corrected chi connectivity index (χ4v) is 14.3. The van der Waals surface area contributed by atoms with Crippen LogP contribution in [0.2, 0.25) is 0 Å². The van der Waals surface area contributed by atoms with Crippen LogP contribution in [0, 0.1) is 23.7 Å². The topological polar surface area (TPSA) is 237 Å². The van der Waals surface area contributed by atoms with Crippen molar-refractivity contribution in [3.8, 4) is 0 Å². The van der Waals surface area contributed by atoms with Gasteiger partial charge in [0.15, 0.2) is 12.2 Å². The molecule has 0 saturated heterocycles. The van der Waals surface area contributed by atoms with Crippen LogP contribution in [0.3, 0.4) is 0 Å². The Labute approximate surface area is 626 Å². The predicted octanol–water partition coefficient (Wildman–Crippen LogP) is 24.8. The van der Waals surface area contributed by atoms with Gasteiger partial charge in [0.05, 0.1) is 26.4 Å². The van der Waals surface area contributed by atoms with Crippen LogP contribution in [0.4, 0.5) is 0 Å². The number of aliphatic hydroxyl groups excluding tert-OH is 1. The van der Waals surface area contributed by atoms with E-state index in [1.54, 1.807) is 0 Å². The average molecular weight is 1490 g/mol. The van der Waals surface area contributed by atoms with Crippen molar-refractivity contribution >= 4 is 39.5 Å². The summed E-state index contributed by atoms with van der Waals surface area (Å²) in [7, 11) is -9.92. The van der Waals surface area contributed by atoms with Gasteiger partial charge in [-0.05, 0) is 49.4 Å². The Morgan fingerprint density at radius 2 is 0.471 bits per heavy atom. The van der Waals surface area contributed by atoms with Gasteiger partial charge in [-0.1, -0.05) is 376 Å². The summed E-state index contributed by atoms with van der Waals surface area (Å²) in [6.45, 7) is 14.2. The summed E-state index contributed by atoms with van der Waals surface area (Å²) in [4.78, 5) is 72.9. The van der Waals surface area contributed by atoms with Gasteiger partial charge in [0.2, 0.25) is 0 Å². The zero-order valence-electron chi connectivity index (χ0n) is 67.2. The highest BCUT2D eigenvalue weighted by molar-refractivity contribution is 7.47. The molecule has 6 atom stereocenters. The van der Waals surface area contributed by atoms with Crippen molar-refractivity contribution in [2.75, 3.05) is 39.6 Å². The first-order valence-electron chi connectivity index (χ1n) is 42.7. The van der Waals surface area contributed by atoms with Crippen LogP contribution >= 0.6 is 15.6 Å². The van der Waals surface area contributed by atoms with E-state index in [0.717, 1.165) is 108 Å². The molecule has 0 aromatic heterocycles. The van der Waals surface area contributed by atoms with Crippen LogP contribution in [0.1, 0.15) is 428 Å². The van der Waals surface area contributed by atoms with E-state index in [4.69, 9.17) is 37.0 Å². The zero-order chi connectivity index (χ0) is 75.3. The first kappa shape index (κ1) is 100. The molecule has 0 spiro atoms. The second kappa shape index (κ2) is 72.0. The first-order valence-corrected chi connectivity index (χ1v) is 45.7. The standard InChI is InChI=1S/C83H162O17P2/c1-9-76(8)62-54-46-37-31-27-23-19-15-11-13-16-20-24-28-32-38-47-55-63-80(85)93-69-78(99-82(87)65-57-49-39-33-29-25-21-17-12-10-14-18-22-26-30-35-43-51-59-73(2)3)71-97-101(89,90)95-67-77(84)68-96-102(91,92)98-72-79(70-94-81(86)64-56-48-42-41-45-53-61-75(6)7)100-83(88)66-58-50-40-34-36-44-52-60-74(4)5/h73-79,84H,9-72H2,1-8H3,(H,89,90)(H,91,92)/t76?,77-,78-,79-/m1/s1. The van der Waals surface area contributed by atoms with E-state index in [1.807, 2.05) is 0 Å². The monoisotopic (exact) mass is 1490 g/mol. The normalized spacial score (nSPS) is 14.3. The minimum Gasteiger partial charge on any atom is -0.462 e. The lowest BCUT2D eigenvalue weighted by atomic mass is 9.99. The largest absolute Gasteiger partial charge is 0.472 e. The van der Waals surface area contributed by atoms with Crippen LogP contribution in [-0.2, 0) is 65.4 Å². The number of aliphatic hydroxyl groups is 1. The van der Waals surface area contributed by atoms with Gasteiger partial charge in [0, 0.05) is 25.7 Å². The molecule has 0 aromatic rings. The van der Waals surface area contributed by atoms with Crippen molar-refractivity contribution in [1.82, 2.24) is 0 Å². The molecular weight excluding hydrogens is 1330 g/mol. The van der Waals surface area contributed by atoms with Crippen molar-refractivity contribution in [2.45, 2.75) is 446 Å². The highest BCUT2D eigenvalue weighted by atomic mass is 31.2. The maximum absolute atomic E-state index is 13.1. The lowest BCUT2D eigenvalue weighted by molar-refractivity contribution is -0.161. The van der Waals surface area contributed by atoms with Gasteiger partial charge in [-0.15, -0.1) is 0 Å². The van der Waals surface area contributed by atoms with Gasteiger partial charge in [-0.2, -0.15) is 0 Å². The number of ether oxygens (including phenoxy) is 4. The molecule has 19 heteroatoms. The number of unbranched alkanes of at least 4 members (excludes halogenated alkanes) is 45. The Balaban J connectivity index is 5.16. The van der Waals surface area contributed by atoms with E-state index in [2.05, 4.69) is 55.4 Å². The third-order valence-corrected chi connectivity index (χ3v) is 21.6. The molecule has 17 nitrogen and oxygen atoms in total. The second-order valence-corrected chi connectivity index (χ2v) is 34.4. The Bertz CT molecular complexity index is 1990. The van der Waals surface area contributed by atoms with Gasteiger partial charge in [0.25, 0.3) is 0 Å². The molecule has 0 aromatic carbocycles. The molecule has 102 heavy (non-hydrogen) atoms. The van der Waals surface area contributed by atoms with Gasteiger partial charge < -0.3 is 33.8 Å². The van der Waals surface area contributed by atoms with E-state index in [0.29, 0.717) is 37.5 Å². The molecule has 3 N–H and O–H groups in total. The molecule has 0 aliphatic rings. The molecule has 606 valence electrons. The second-order valence-electron chi connectivity index (χ2n) is 31.5. The average Bonchev–Trinajstić information content (AvgIpc) is 0.935. The fraction of sp³-hybridized carbons (Fsp3) is 0.952. The molecule has 0 radical (unpaired) electrons. The SMILES string of the molecule is CCC(C)CCCCCCCCCCCCCCCCCCCCC(=O)OC[C@H](COP(=O)(O)OC[C@@H](O)COP(=O)(O)OC[C@@H](COC(=O)CCCCCCCCC(C)C)OC(=O)CCCCCCCCCC(C)C)OC(=O)CCCCCCCCCCCCCCCCCCCCC(C)C. The number of carbonyl (C=O) groups is 4. The Kier molecular flexibility index (Phi) is 70.6. The molecule has 0 fully saturated rings. The van der Waals surface area contributed by atoms with Crippen LogP contribution in [0.15, 0.2) is 0 Å². The zero-order valence-corrected chi connectivity index (χ0v) is 69.0. The number of hydrogen-bond donors (Lipinski definition) is 3. The number of carbonyl (C=O) groups excluding carboxylic acids is 4. The molecule has 0 saturated carbocycles. The van der Waals surface area contributed by atoms with Gasteiger partial charge in [0.1, 0.15) is 19.3 Å². The van der Waals surface area contributed by atoms with E-state index >= 15 is 0 Å². The molecule has 0 bridgehead atoms. The minimum atomic E-state index is -4.96. The van der Waals surface area contributed by atoms with E-state index in [1.165, 1.54) is 225 Å². The number of rotatable bonds is 80. The third kappa shape index (κ3) is 74.9. The molecule has 3 unspecified atom stereocenters. The van der Waals surface area contributed by atoms with Crippen molar-refractivity contribution in [3.05, 3.63) is 0 Å². The van der Waals surface area contributed by atoms with Crippen molar-refractivity contribution in [3.63, 3.8) is 0 Å². The van der Waals surface area contributed by atoms with Gasteiger partial charge >= 0.3 is 39.5 Å². The number of phosphoric ester groups is 2. The summed E-state index contributed by atoms with van der Waals surface area (Å²) in [5.74, 6) is 0.951. The third-order valence-electron chi connectivity index (χ3n) is 19.7. The van der Waals surface area contributed by atoms with E-state index < -0.39 is 97.5 Å². The molecule has 0 aliphatic heterocycles. The fourth-order valence-electron chi connectivity index (χ4n) is 12.8. The molecular formula is C83H162O17P2. The van der Waals surface area contributed by atoms with Gasteiger partial charge in [-0.25, -0.2) is 9.13 Å². The minimum absolute atomic E-state index is 0.102. The smallest absolute Gasteiger partial charge is 0.462 e. The van der Waals surface area contributed by atoms with Crippen LogP contribution < -0.4 is 0 Å². The summed E-state index contributed by atoms with van der Waals surface area (Å²) >= 11 is 0. The lowest BCUT2D eigenvalue weighted by Crippen LogP contribution is -2.30.